The third-order valence-electron chi connectivity index (χ3n) is 4.61. The number of fused-ring (bicyclic) bond motifs is 1. The van der Waals surface area contributed by atoms with Crippen molar-refractivity contribution in [1.82, 2.24) is 0 Å². The fourth-order valence-electron chi connectivity index (χ4n) is 3.17. The summed E-state index contributed by atoms with van der Waals surface area (Å²) in [5.41, 5.74) is 3.57. The van der Waals surface area contributed by atoms with E-state index in [2.05, 4.69) is 12.2 Å². The van der Waals surface area contributed by atoms with Crippen molar-refractivity contribution in [3.8, 4) is 17.6 Å². The van der Waals surface area contributed by atoms with Crippen molar-refractivity contribution in [1.29, 1.82) is 5.26 Å². The maximum atomic E-state index is 12.6. The van der Waals surface area contributed by atoms with Crippen LogP contribution in [0.5, 0.6) is 11.5 Å². The quantitative estimate of drug-likeness (QED) is 0.594. The van der Waals surface area contributed by atoms with Crippen molar-refractivity contribution in [3.05, 3.63) is 58.7 Å². The van der Waals surface area contributed by atoms with Crippen LogP contribution in [0.2, 0.25) is 0 Å². The normalized spacial score (nSPS) is 15.4. The second-order valence-electron chi connectivity index (χ2n) is 6.74. The van der Waals surface area contributed by atoms with Gasteiger partial charge < -0.3 is 14.8 Å². The summed E-state index contributed by atoms with van der Waals surface area (Å²) in [6.07, 6.45) is 3.40. The van der Waals surface area contributed by atoms with Crippen LogP contribution in [-0.2, 0) is 17.6 Å². The third kappa shape index (κ3) is 4.34. The number of nitrogens with one attached hydrogen (secondary N) is 1. The first-order valence-electron chi connectivity index (χ1n) is 9.52. The Bertz CT molecular complexity index is 940. The maximum Gasteiger partial charge on any atom is 0.266 e. The number of rotatable bonds is 6. The predicted octanol–water partition coefficient (Wildman–Crippen LogP) is 4.52. The molecule has 0 saturated carbocycles. The minimum Gasteiger partial charge on any atom is -0.493 e. The monoisotopic (exact) mass is 376 g/mol. The van der Waals surface area contributed by atoms with Gasteiger partial charge in [-0.25, -0.2) is 0 Å². The maximum absolute atomic E-state index is 12.6. The Labute approximate surface area is 165 Å². The number of aryl methyl sites for hydroxylation is 1. The smallest absolute Gasteiger partial charge is 0.266 e. The minimum atomic E-state index is -0.455. The Morgan fingerprint density at radius 3 is 2.71 bits per heavy atom. The molecule has 144 valence electrons. The largest absolute Gasteiger partial charge is 0.493 e. The van der Waals surface area contributed by atoms with E-state index in [0.29, 0.717) is 23.6 Å². The molecule has 28 heavy (non-hydrogen) atoms. The first-order chi connectivity index (χ1) is 13.5. The van der Waals surface area contributed by atoms with Crippen molar-refractivity contribution >= 4 is 17.7 Å². The molecule has 0 spiro atoms. The van der Waals surface area contributed by atoms with Crippen molar-refractivity contribution in [2.45, 2.75) is 39.7 Å². The average molecular weight is 376 g/mol. The number of hydrogen-bond donors (Lipinski definition) is 1. The van der Waals surface area contributed by atoms with Crippen molar-refractivity contribution in [3.63, 3.8) is 0 Å². The first-order valence-corrected chi connectivity index (χ1v) is 9.52. The number of benzene rings is 2. The van der Waals surface area contributed by atoms with Gasteiger partial charge in [-0.05, 0) is 56.2 Å². The van der Waals surface area contributed by atoms with Crippen LogP contribution in [-0.4, -0.2) is 18.6 Å². The summed E-state index contributed by atoms with van der Waals surface area (Å²) in [5.74, 6) is 0.964. The molecule has 2 aromatic carbocycles. The molecule has 2 aromatic rings. The lowest BCUT2D eigenvalue weighted by atomic mass is 10.0. The number of nitrogens with zero attached hydrogens (tertiary/aromatic N) is 1. The van der Waals surface area contributed by atoms with Crippen LogP contribution < -0.4 is 14.8 Å². The molecule has 0 aromatic heterocycles. The van der Waals surface area contributed by atoms with Gasteiger partial charge in [-0.15, -0.1) is 0 Å². The number of hydrogen-bond acceptors (Lipinski definition) is 4. The summed E-state index contributed by atoms with van der Waals surface area (Å²) >= 11 is 0. The van der Waals surface area contributed by atoms with E-state index in [1.165, 1.54) is 5.56 Å². The van der Waals surface area contributed by atoms with E-state index in [9.17, 15) is 10.1 Å². The fourth-order valence-corrected chi connectivity index (χ4v) is 3.17. The second kappa shape index (κ2) is 8.62. The molecule has 1 atom stereocenters. The first kappa shape index (κ1) is 19.5. The van der Waals surface area contributed by atoms with Crippen molar-refractivity contribution in [2.24, 2.45) is 0 Å². The molecule has 1 N–H and O–H groups in total. The van der Waals surface area contributed by atoms with Crippen molar-refractivity contribution in [2.75, 3.05) is 11.9 Å². The Balaban J connectivity index is 1.88. The lowest BCUT2D eigenvalue weighted by Crippen LogP contribution is -2.13. The molecule has 1 amide bonds. The Hall–Kier alpha value is -3.26. The zero-order chi connectivity index (χ0) is 20.1. The topological polar surface area (TPSA) is 71.3 Å². The third-order valence-corrected chi connectivity index (χ3v) is 4.61. The van der Waals surface area contributed by atoms with Crippen molar-refractivity contribution < 1.29 is 14.3 Å². The molecule has 1 aliphatic heterocycles. The molecule has 0 saturated heterocycles. The van der Waals surface area contributed by atoms with E-state index in [-0.39, 0.29) is 11.7 Å². The van der Waals surface area contributed by atoms with E-state index < -0.39 is 5.91 Å². The molecule has 3 rings (SSSR count). The van der Waals surface area contributed by atoms with Crippen LogP contribution in [0.4, 0.5) is 5.69 Å². The second-order valence-corrected chi connectivity index (χ2v) is 6.74. The van der Waals surface area contributed by atoms with Crippen LogP contribution in [0.15, 0.2) is 42.0 Å². The van der Waals surface area contributed by atoms with Gasteiger partial charge in [-0.1, -0.05) is 19.1 Å². The molecule has 0 aliphatic carbocycles. The number of anilines is 1. The summed E-state index contributed by atoms with van der Waals surface area (Å²) in [6.45, 7) is 6.47. The Kier molecular flexibility index (Phi) is 6.00. The SMILES string of the molecule is CCOc1cc2c(cc1/C=C(\C#N)C(=O)Nc1ccc(CC)cc1)OC(C)C2. The molecule has 0 fully saturated rings. The molecule has 1 heterocycles. The molecule has 5 nitrogen and oxygen atoms in total. The van der Waals surface area contributed by atoms with Gasteiger partial charge in [0.15, 0.2) is 0 Å². The summed E-state index contributed by atoms with van der Waals surface area (Å²) in [7, 11) is 0. The highest BCUT2D eigenvalue weighted by molar-refractivity contribution is 6.09. The van der Waals surface area contributed by atoms with Gasteiger partial charge in [0.1, 0.15) is 29.2 Å². The fraction of sp³-hybridized carbons (Fsp3) is 0.304. The molecular weight excluding hydrogens is 352 g/mol. The van der Waals surface area contributed by atoms with Gasteiger partial charge in [-0.3, -0.25) is 4.79 Å². The van der Waals surface area contributed by atoms with Crippen LogP contribution in [0, 0.1) is 11.3 Å². The van der Waals surface area contributed by atoms with Gasteiger partial charge in [0.25, 0.3) is 5.91 Å². The molecule has 1 aliphatic rings. The molecule has 5 heteroatoms. The predicted molar refractivity (Wildman–Crippen MR) is 109 cm³/mol. The zero-order valence-corrected chi connectivity index (χ0v) is 16.4. The van der Waals surface area contributed by atoms with Gasteiger partial charge in [0, 0.05) is 23.2 Å². The molecule has 0 radical (unpaired) electrons. The number of carbonyl (C=O) groups is 1. The standard InChI is InChI=1S/C23H24N2O3/c1-4-16-6-8-20(9-7-16)25-23(26)19(14-24)11-18-13-22-17(10-15(3)28-22)12-21(18)27-5-2/h6-9,11-13,15H,4-5,10H2,1-3H3,(H,25,26)/b19-11+. The van der Waals surface area contributed by atoms with Gasteiger partial charge in [0.05, 0.1) is 6.61 Å². The van der Waals surface area contributed by atoms with Crippen LogP contribution in [0.3, 0.4) is 0 Å². The molecule has 1 unspecified atom stereocenters. The lowest BCUT2D eigenvalue weighted by Gasteiger charge is -2.11. The van der Waals surface area contributed by atoms with Crippen LogP contribution in [0.1, 0.15) is 37.5 Å². The van der Waals surface area contributed by atoms with Gasteiger partial charge in [-0.2, -0.15) is 5.26 Å². The van der Waals surface area contributed by atoms with Gasteiger partial charge >= 0.3 is 0 Å². The summed E-state index contributed by atoms with van der Waals surface area (Å²) in [4.78, 5) is 12.6. The number of nitriles is 1. The lowest BCUT2D eigenvalue weighted by molar-refractivity contribution is -0.112. The molecular formula is C23H24N2O3. The van der Waals surface area contributed by atoms with E-state index in [1.807, 2.05) is 56.3 Å². The number of carbonyl (C=O) groups excluding carboxylic acids is 1. The highest BCUT2D eigenvalue weighted by Crippen LogP contribution is 2.36. The summed E-state index contributed by atoms with van der Waals surface area (Å²) in [5, 5.41) is 12.3. The summed E-state index contributed by atoms with van der Waals surface area (Å²) in [6, 6.07) is 13.3. The highest BCUT2D eigenvalue weighted by Gasteiger charge is 2.22. The highest BCUT2D eigenvalue weighted by atomic mass is 16.5. The van der Waals surface area contributed by atoms with Crippen LogP contribution in [0.25, 0.3) is 6.08 Å². The average Bonchev–Trinajstić information content (AvgIpc) is 3.05. The van der Waals surface area contributed by atoms with E-state index >= 15 is 0 Å². The summed E-state index contributed by atoms with van der Waals surface area (Å²) < 4.78 is 11.5. The van der Waals surface area contributed by atoms with E-state index in [4.69, 9.17) is 9.47 Å². The number of amides is 1. The number of ether oxygens (including phenoxy) is 2. The zero-order valence-electron chi connectivity index (χ0n) is 16.4. The Morgan fingerprint density at radius 2 is 2.07 bits per heavy atom. The molecule has 0 bridgehead atoms. The van der Waals surface area contributed by atoms with E-state index in [1.54, 1.807) is 6.08 Å². The van der Waals surface area contributed by atoms with E-state index in [0.717, 1.165) is 24.2 Å². The minimum absolute atomic E-state index is 0.00603. The Morgan fingerprint density at radius 1 is 1.32 bits per heavy atom. The van der Waals surface area contributed by atoms with Gasteiger partial charge in [0.2, 0.25) is 0 Å². The van der Waals surface area contributed by atoms with Crippen LogP contribution >= 0.6 is 0 Å².